The molecular formula is C14H26N2O. The van der Waals surface area contributed by atoms with Gasteiger partial charge < -0.3 is 10.1 Å². The van der Waals surface area contributed by atoms with Crippen LogP contribution in [0.5, 0.6) is 0 Å². The molecule has 1 spiro atoms. The number of hydrogen-bond acceptors (Lipinski definition) is 3. The Morgan fingerprint density at radius 2 is 1.94 bits per heavy atom. The summed E-state index contributed by atoms with van der Waals surface area (Å²) >= 11 is 0. The Bertz CT molecular complexity index is 245. The van der Waals surface area contributed by atoms with Gasteiger partial charge in [0.25, 0.3) is 0 Å². The molecule has 0 aromatic heterocycles. The van der Waals surface area contributed by atoms with E-state index in [0.717, 1.165) is 32.2 Å². The molecule has 3 heteroatoms. The van der Waals surface area contributed by atoms with Gasteiger partial charge in [-0.3, -0.25) is 4.90 Å². The minimum absolute atomic E-state index is 0.649. The maximum atomic E-state index is 5.45. The Kier molecular flexibility index (Phi) is 3.69. The normalized spacial score (nSPS) is 34.2. The molecule has 2 heterocycles. The molecule has 1 aliphatic carbocycles. The van der Waals surface area contributed by atoms with Crippen LogP contribution in [0, 0.1) is 11.3 Å². The van der Waals surface area contributed by atoms with Gasteiger partial charge in [0.2, 0.25) is 0 Å². The molecule has 1 atom stereocenters. The summed E-state index contributed by atoms with van der Waals surface area (Å²) in [5.74, 6) is 0.935. The van der Waals surface area contributed by atoms with Crippen molar-refractivity contribution in [1.29, 1.82) is 0 Å². The van der Waals surface area contributed by atoms with Crippen LogP contribution in [0.25, 0.3) is 0 Å². The van der Waals surface area contributed by atoms with Crippen molar-refractivity contribution >= 4 is 0 Å². The lowest BCUT2D eigenvalue weighted by Gasteiger charge is -2.44. The Balaban J connectivity index is 1.62. The molecule has 2 saturated heterocycles. The fraction of sp³-hybridized carbons (Fsp3) is 1.00. The van der Waals surface area contributed by atoms with Crippen molar-refractivity contribution in [2.45, 2.75) is 32.1 Å². The molecule has 3 nitrogen and oxygen atoms in total. The van der Waals surface area contributed by atoms with Crippen molar-refractivity contribution in [2.75, 3.05) is 45.9 Å². The zero-order valence-corrected chi connectivity index (χ0v) is 10.9. The molecule has 2 aliphatic heterocycles. The zero-order chi connectivity index (χ0) is 11.6. The predicted molar refractivity (Wildman–Crippen MR) is 69.1 cm³/mol. The van der Waals surface area contributed by atoms with Crippen LogP contribution in [-0.2, 0) is 4.74 Å². The van der Waals surface area contributed by atoms with E-state index in [4.69, 9.17) is 4.74 Å². The van der Waals surface area contributed by atoms with E-state index in [1.165, 1.54) is 51.7 Å². The quantitative estimate of drug-likeness (QED) is 0.789. The third kappa shape index (κ3) is 2.51. The Labute approximate surface area is 105 Å². The van der Waals surface area contributed by atoms with E-state index in [2.05, 4.69) is 10.2 Å². The van der Waals surface area contributed by atoms with Crippen LogP contribution in [0.2, 0.25) is 0 Å². The van der Waals surface area contributed by atoms with Gasteiger partial charge in [-0.2, -0.15) is 0 Å². The number of ether oxygens (including phenoxy) is 1. The molecule has 3 fully saturated rings. The average molecular weight is 238 g/mol. The maximum Gasteiger partial charge on any atom is 0.0594 e. The average Bonchev–Trinajstić information content (AvgIpc) is 2.83. The lowest BCUT2D eigenvalue weighted by molar-refractivity contribution is 0.00661. The molecule has 1 saturated carbocycles. The first-order valence-corrected chi connectivity index (χ1v) is 7.40. The molecule has 98 valence electrons. The zero-order valence-electron chi connectivity index (χ0n) is 10.9. The van der Waals surface area contributed by atoms with Gasteiger partial charge in [0.1, 0.15) is 0 Å². The number of rotatable bonds is 2. The van der Waals surface area contributed by atoms with Crippen molar-refractivity contribution in [3.8, 4) is 0 Å². The predicted octanol–water partition coefficient (Wildman–Crippen LogP) is 1.49. The molecule has 0 aromatic rings. The van der Waals surface area contributed by atoms with Crippen molar-refractivity contribution in [3.63, 3.8) is 0 Å². The van der Waals surface area contributed by atoms with Crippen LogP contribution >= 0.6 is 0 Å². The van der Waals surface area contributed by atoms with E-state index >= 15 is 0 Å². The molecule has 3 aliphatic rings. The second kappa shape index (κ2) is 5.25. The maximum absolute atomic E-state index is 5.45. The topological polar surface area (TPSA) is 24.5 Å². The summed E-state index contributed by atoms with van der Waals surface area (Å²) in [5.41, 5.74) is 0.649. The summed E-state index contributed by atoms with van der Waals surface area (Å²) in [6.07, 6.45) is 7.24. The summed E-state index contributed by atoms with van der Waals surface area (Å²) in [7, 11) is 0. The highest BCUT2D eigenvalue weighted by atomic mass is 16.5. The van der Waals surface area contributed by atoms with Gasteiger partial charge >= 0.3 is 0 Å². The number of nitrogens with zero attached hydrogens (tertiary/aromatic N) is 1. The van der Waals surface area contributed by atoms with E-state index in [1.54, 1.807) is 0 Å². The molecule has 0 bridgehead atoms. The first kappa shape index (κ1) is 11.9. The van der Waals surface area contributed by atoms with Crippen LogP contribution in [0.4, 0.5) is 0 Å². The number of piperidine rings is 1. The minimum Gasteiger partial charge on any atom is -0.379 e. The monoisotopic (exact) mass is 238 g/mol. The number of morpholine rings is 1. The Hall–Kier alpha value is -0.120. The first-order chi connectivity index (χ1) is 8.39. The standard InChI is InChI=1S/C14H26N2O/c1-2-5-14(4-1)12-15-6-3-13(14)11-16-7-9-17-10-8-16/h13,15H,1-12H2. The van der Waals surface area contributed by atoms with E-state index in [0.29, 0.717) is 5.41 Å². The van der Waals surface area contributed by atoms with Crippen LogP contribution in [0.15, 0.2) is 0 Å². The van der Waals surface area contributed by atoms with Crippen molar-refractivity contribution < 1.29 is 4.74 Å². The highest BCUT2D eigenvalue weighted by Crippen LogP contribution is 2.46. The van der Waals surface area contributed by atoms with E-state index in [9.17, 15) is 0 Å². The highest BCUT2D eigenvalue weighted by molar-refractivity contribution is 4.96. The molecule has 17 heavy (non-hydrogen) atoms. The molecule has 1 N–H and O–H groups in total. The first-order valence-electron chi connectivity index (χ1n) is 7.40. The summed E-state index contributed by atoms with van der Waals surface area (Å²) in [4.78, 5) is 2.64. The summed E-state index contributed by atoms with van der Waals surface area (Å²) in [5, 5.41) is 3.64. The fourth-order valence-corrected chi connectivity index (χ4v) is 4.11. The van der Waals surface area contributed by atoms with E-state index in [1.807, 2.05) is 0 Å². The van der Waals surface area contributed by atoms with Crippen LogP contribution < -0.4 is 5.32 Å². The van der Waals surface area contributed by atoms with Gasteiger partial charge in [-0.25, -0.2) is 0 Å². The van der Waals surface area contributed by atoms with Crippen LogP contribution in [0.1, 0.15) is 32.1 Å². The van der Waals surface area contributed by atoms with Gasteiger partial charge in [-0.1, -0.05) is 12.8 Å². The van der Waals surface area contributed by atoms with E-state index in [-0.39, 0.29) is 0 Å². The SMILES string of the molecule is C1CCC2(C1)CNCCC2CN1CCOCC1. The minimum atomic E-state index is 0.649. The number of nitrogens with one attached hydrogen (secondary N) is 1. The molecule has 1 unspecified atom stereocenters. The van der Waals surface area contributed by atoms with E-state index < -0.39 is 0 Å². The van der Waals surface area contributed by atoms with Gasteiger partial charge in [0.15, 0.2) is 0 Å². The highest BCUT2D eigenvalue weighted by Gasteiger charge is 2.43. The lowest BCUT2D eigenvalue weighted by atomic mass is 9.70. The largest absolute Gasteiger partial charge is 0.379 e. The van der Waals surface area contributed by atoms with Crippen molar-refractivity contribution in [3.05, 3.63) is 0 Å². The van der Waals surface area contributed by atoms with Crippen molar-refractivity contribution in [2.24, 2.45) is 11.3 Å². The Morgan fingerprint density at radius 3 is 2.71 bits per heavy atom. The third-order valence-electron chi connectivity index (χ3n) is 5.19. The summed E-state index contributed by atoms with van der Waals surface area (Å²) in [6.45, 7) is 8.03. The van der Waals surface area contributed by atoms with Gasteiger partial charge in [-0.15, -0.1) is 0 Å². The second-order valence-corrected chi connectivity index (χ2v) is 6.14. The molecular weight excluding hydrogens is 212 g/mol. The third-order valence-corrected chi connectivity index (χ3v) is 5.19. The Morgan fingerprint density at radius 1 is 1.18 bits per heavy atom. The molecule has 0 amide bonds. The van der Waals surface area contributed by atoms with Crippen molar-refractivity contribution in [1.82, 2.24) is 10.2 Å². The van der Waals surface area contributed by atoms with Crippen LogP contribution in [0.3, 0.4) is 0 Å². The van der Waals surface area contributed by atoms with Gasteiger partial charge in [-0.05, 0) is 37.1 Å². The summed E-state index contributed by atoms with van der Waals surface area (Å²) < 4.78 is 5.45. The van der Waals surface area contributed by atoms with Crippen LogP contribution in [-0.4, -0.2) is 50.8 Å². The molecule has 0 radical (unpaired) electrons. The molecule has 0 aromatic carbocycles. The second-order valence-electron chi connectivity index (χ2n) is 6.14. The fourth-order valence-electron chi connectivity index (χ4n) is 4.11. The number of hydrogen-bond donors (Lipinski definition) is 1. The lowest BCUT2D eigenvalue weighted by Crippen LogP contribution is -2.50. The molecule has 3 rings (SSSR count). The summed E-state index contributed by atoms with van der Waals surface area (Å²) in [6, 6.07) is 0. The van der Waals surface area contributed by atoms with Gasteiger partial charge in [0.05, 0.1) is 13.2 Å². The van der Waals surface area contributed by atoms with Gasteiger partial charge in [0, 0.05) is 26.2 Å². The smallest absolute Gasteiger partial charge is 0.0594 e.